The lowest BCUT2D eigenvalue weighted by Crippen LogP contribution is -2.21. The summed E-state index contributed by atoms with van der Waals surface area (Å²) in [4.78, 5) is 10.9. The van der Waals surface area contributed by atoms with Crippen molar-refractivity contribution in [3.8, 4) is 17.2 Å². The highest BCUT2D eigenvalue weighted by atomic mass is 16.3. The van der Waals surface area contributed by atoms with Crippen LogP contribution in [-0.2, 0) is 0 Å². The van der Waals surface area contributed by atoms with Crippen molar-refractivity contribution in [2.24, 2.45) is 0 Å². The first kappa shape index (κ1) is 9.45. The van der Waals surface area contributed by atoms with Crippen LogP contribution in [0.1, 0.15) is 11.6 Å². The van der Waals surface area contributed by atoms with Gasteiger partial charge in [0.05, 0.1) is 11.6 Å². The van der Waals surface area contributed by atoms with Crippen molar-refractivity contribution in [2.75, 3.05) is 6.54 Å². The van der Waals surface area contributed by atoms with Crippen LogP contribution in [0.25, 0.3) is 0 Å². The largest absolute Gasteiger partial charge is 0.508 e. The Morgan fingerprint density at radius 1 is 1.20 bits per heavy atom. The highest BCUT2D eigenvalue weighted by molar-refractivity contribution is 5.77. The third-order valence-corrected chi connectivity index (χ3v) is 2.24. The second-order valence-electron chi connectivity index (χ2n) is 3.30. The summed E-state index contributed by atoms with van der Waals surface area (Å²) < 4.78 is 0. The molecule has 1 saturated heterocycles. The average molecular weight is 210 g/mol. The van der Waals surface area contributed by atoms with E-state index < -0.39 is 6.04 Å². The molecule has 0 aliphatic carbocycles. The summed E-state index contributed by atoms with van der Waals surface area (Å²) in [6, 6.07) is 1.38. The Kier molecular flexibility index (Phi) is 2.03. The van der Waals surface area contributed by atoms with E-state index in [1.165, 1.54) is 0 Å². The van der Waals surface area contributed by atoms with Crippen molar-refractivity contribution < 1.29 is 20.1 Å². The Morgan fingerprint density at radius 2 is 1.80 bits per heavy atom. The molecule has 6 heteroatoms. The van der Waals surface area contributed by atoms with E-state index in [1.54, 1.807) is 0 Å². The molecule has 2 rings (SSSR count). The number of urea groups is 1. The van der Waals surface area contributed by atoms with E-state index >= 15 is 0 Å². The number of hydrogen-bond donors (Lipinski definition) is 5. The molecule has 0 unspecified atom stereocenters. The van der Waals surface area contributed by atoms with E-state index in [0.717, 1.165) is 12.1 Å². The van der Waals surface area contributed by atoms with E-state index in [-0.39, 0.29) is 35.4 Å². The molecule has 0 spiro atoms. The fraction of sp³-hybridized carbons (Fsp3) is 0.222. The Morgan fingerprint density at radius 3 is 2.27 bits per heavy atom. The Balaban J connectivity index is 2.39. The van der Waals surface area contributed by atoms with Crippen molar-refractivity contribution in [3.63, 3.8) is 0 Å². The molecular weight excluding hydrogens is 200 g/mol. The van der Waals surface area contributed by atoms with Gasteiger partial charge in [-0.05, 0) is 0 Å². The molecular formula is C9H10N2O4. The molecule has 1 aliphatic heterocycles. The maximum absolute atomic E-state index is 10.9. The molecule has 1 fully saturated rings. The molecule has 1 aromatic rings. The lowest BCUT2D eigenvalue weighted by molar-refractivity contribution is 0.247. The predicted molar refractivity (Wildman–Crippen MR) is 50.7 cm³/mol. The lowest BCUT2D eigenvalue weighted by atomic mass is 10.0. The predicted octanol–water partition coefficient (Wildman–Crippen LogP) is 0.157. The van der Waals surface area contributed by atoms with Crippen LogP contribution < -0.4 is 10.6 Å². The maximum atomic E-state index is 10.9. The molecule has 0 aromatic heterocycles. The number of aromatic hydroxyl groups is 3. The molecule has 80 valence electrons. The summed E-state index contributed by atoms with van der Waals surface area (Å²) in [5, 5.41) is 33.2. The third-order valence-electron chi connectivity index (χ3n) is 2.24. The number of hydrogen-bond acceptors (Lipinski definition) is 4. The zero-order chi connectivity index (χ0) is 11.0. The van der Waals surface area contributed by atoms with Gasteiger partial charge in [-0.25, -0.2) is 4.79 Å². The van der Waals surface area contributed by atoms with Crippen molar-refractivity contribution in [2.45, 2.75) is 6.04 Å². The molecule has 5 N–H and O–H groups in total. The molecule has 6 nitrogen and oxygen atoms in total. The first-order valence-electron chi connectivity index (χ1n) is 4.37. The smallest absolute Gasteiger partial charge is 0.315 e. The zero-order valence-corrected chi connectivity index (χ0v) is 7.69. The summed E-state index contributed by atoms with van der Waals surface area (Å²) in [5.74, 6) is -0.728. The molecule has 1 aliphatic rings. The highest BCUT2D eigenvalue weighted by Crippen LogP contribution is 2.36. The lowest BCUT2D eigenvalue weighted by Gasteiger charge is -2.13. The molecule has 2 amide bonds. The van der Waals surface area contributed by atoms with E-state index in [0.29, 0.717) is 0 Å². The van der Waals surface area contributed by atoms with E-state index in [2.05, 4.69) is 10.6 Å². The van der Waals surface area contributed by atoms with Crippen LogP contribution in [0.4, 0.5) is 4.79 Å². The van der Waals surface area contributed by atoms with Gasteiger partial charge in [-0.1, -0.05) is 0 Å². The Bertz CT molecular complexity index is 396. The van der Waals surface area contributed by atoms with Gasteiger partial charge >= 0.3 is 6.03 Å². The van der Waals surface area contributed by atoms with Crippen LogP contribution >= 0.6 is 0 Å². The SMILES string of the molecule is O=C1NC[C@H](c2c(O)cc(O)cc2O)N1. The fourth-order valence-corrected chi connectivity index (χ4v) is 1.59. The van der Waals surface area contributed by atoms with Crippen LogP contribution in [0.15, 0.2) is 12.1 Å². The van der Waals surface area contributed by atoms with Gasteiger partial charge in [0.2, 0.25) is 0 Å². The van der Waals surface area contributed by atoms with Gasteiger partial charge in [0.25, 0.3) is 0 Å². The number of amides is 2. The first-order chi connectivity index (χ1) is 7.08. The number of phenolic OH excluding ortho intramolecular Hbond substituents is 3. The van der Waals surface area contributed by atoms with Gasteiger partial charge in [-0.3, -0.25) is 0 Å². The number of phenols is 3. The van der Waals surface area contributed by atoms with Gasteiger partial charge in [-0.2, -0.15) is 0 Å². The van der Waals surface area contributed by atoms with Crippen molar-refractivity contribution in [1.29, 1.82) is 0 Å². The summed E-state index contributed by atoms with van der Waals surface area (Å²) in [7, 11) is 0. The minimum Gasteiger partial charge on any atom is -0.508 e. The van der Waals surface area contributed by atoms with E-state index in [4.69, 9.17) is 5.11 Å². The Labute approximate surface area is 85.2 Å². The van der Waals surface area contributed by atoms with Gasteiger partial charge < -0.3 is 26.0 Å². The molecule has 1 heterocycles. The quantitative estimate of drug-likeness (QED) is 0.455. The number of rotatable bonds is 1. The fourth-order valence-electron chi connectivity index (χ4n) is 1.59. The molecule has 0 radical (unpaired) electrons. The summed E-state index contributed by atoms with van der Waals surface area (Å²) in [6.07, 6.45) is 0. The average Bonchev–Trinajstić information content (AvgIpc) is 2.49. The summed E-state index contributed by atoms with van der Waals surface area (Å²) in [5.41, 5.74) is 0.200. The third kappa shape index (κ3) is 1.61. The van der Waals surface area contributed by atoms with Gasteiger partial charge in [0.1, 0.15) is 17.2 Å². The molecule has 0 bridgehead atoms. The second-order valence-corrected chi connectivity index (χ2v) is 3.30. The Hall–Kier alpha value is -2.11. The van der Waals surface area contributed by atoms with Crippen LogP contribution in [0.5, 0.6) is 17.2 Å². The first-order valence-corrected chi connectivity index (χ1v) is 4.37. The molecule has 1 atom stereocenters. The standard InChI is InChI=1S/C9H10N2O4/c12-4-1-6(13)8(7(14)2-4)5-3-10-9(15)11-5/h1-2,5,12-14H,3H2,(H2,10,11,15)/t5-/m1/s1. The van der Waals surface area contributed by atoms with Gasteiger partial charge in [0.15, 0.2) is 0 Å². The summed E-state index contributed by atoms with van der Waals surface area (Å²) >= 11 is 0. The van der Waals surface area contributed by atoms with E-state index in [1.807, 2.05) is 0 Å². The van der Waals surface area contributed by atoms with E-state index in [9.17, 15) is 15.0 Å². The normalized spacial score (nSPS) is 19.7. The van der Waals surface area contributed by atoms with Crippen molar-refractivity contribution >= 4 is 6.03 Å². The number of benzene rings is 1. The summed E-state index contributed by atoms with van der Waals surface area (Å²) in [6.45, 7) is 0.282. The van der Waals surface area contributed by atoms with Crippen molar-refractivity contribution in [3.05, 3.63) is 17.7 Å². The zero-order valence-electron chi connectivity index (χ0n) is 7.69. The number of nitrogens with one attached hydrogen (secondary N) is 2. The van der Waals surface area contributed by atoms with Crippen LogP contribution in [0.3, 0.4) is 0 Å². The topological polar surface area (TPSA) is 102 Å². The van der Waals surface area contributed by atoms with Gasteiger partial charge in [0, 0.05) is 18.7 Å². The minimum absolute atomic E-state index is 0.200. The molecule has 1 aromatic carbocycles. The van der Waals surface area contributed by atoms with Crippen LogP contribution in [0, 0.1) is 0 Å². The monoisotopic (exact) mass is 210 g/mol. The molecule has 0 saturated carbocycles. The van der Waals surface area contributed by atoms with Crippen LogP contribution in [-0.4, -0.2) is 27.9 Å². The second kappa shape index (κ2) is 3.23. The molecule has 15 heavy (non-hydrogen) atoms. The minimum atomic E-state index is -0.488. The van der Waals surface area contributed by atoms with Crippen molar-refractivity contribution in [1.82, 2.24) is 10.6 Å². The van der Waals surface area contributed by atoms with Gasteiger partial charge in [-0.15, -0.1) is 0 Å². The number of carbonyl (C=O) groups is 1. The maximum Gasteiger partial charge on any atom is 0.315 e. The number of carbonyl (C=O) groups excluding carboxylic acids is 1. The van der Waals surface area contributed by atoms with Crippen LogP contribution in [0.2, 0.25) is 0 Å². The highest BCUT2D eigenvalue weighted by Gasteiger charge is 2.27.